The molecule has 0 saturated heterocycles. The second kappa shape index (κ2) is 4.66. The molecule has 0 saturated carbocycles. The van der Waals surface area contributed by atoms with E-state index in [1.165, 1.54) is 0 Å². The van der Waals surface area contributed by atoms with Crippen molar-refractivity contribution in [2.75, 3.05) is 0 Å². The maximum Gasteiger partial charge on any atom is 0.246 e. The fourth-order valence-electron chi connectivity index (χ4n) is 0.792. The molecule has 0 spiro atoms. The Labute approximate surface area is 90.9 Å². The first-order chi connectivity index (χ1) is 6.09. The number of hydrogen-bond donors (Lipinski definition) is 0. The van der Waals surface area contributed by atoms with Crippen LogP contribution in [0.1, 0.15) is 5.56 Å². The summed E-state index contributed by atoms with van der Waals surface area (Å²) >= 11 is 16.6. The van der Waals surface area contributed by atoms with E-state index in [9.17, 15) is 4.79 Å². The second-order valence-corrected chi connectivity index (χ2v) is 3.52. The van der Waals surface area contributed by atoms with Gasteiger partial charge in [0.2, 0.25) is 5.24 Å². The molecule has 0 amide bonds. The number of rotatable bonds is 2. The maximum absolute atomic E-state index is 10.5. The lowest BCUT2D eigenvalue weighted by atomic mass is 10.2. The lowest BCUT2D eigenvalue weighted by Gasteiger charge is -1.97. The summed E-state index contributed by atoms with van der Waals surface area (Å²) in [7, 11) is 0. The van der Waals surface area contributed by atoms with Gasteiger partial charge in [-0.25, -0.2) is 0 Å². The molecule has 0 aliphatic rings. The van der Waals surface area contributed by atoms with Crippen LogP contribution >= 0.6 is 34.8 Å². The summed E-state index contributed by atoms with van der Waals surface area (Å²) in [6, 6.07) is 6.79. The lowest BCUT2D eigenvalue weighted by molar-refractivity contribution is -0.107. The standard InChI is InChI=1S/C9H5Cl3O/c10-7-3-1-6(2-4-7)8(11)5-9(12)13/h1-5H. The fraction of sp³-hybridized carbons (Fsp3) is 0. The monoisotopic (exact) mass is 234 g/mol. The molecule has 0 aliphatic heterocycles. The molecular weight excluding hydrogens is 230 g/mol. The number of hydrogen-bond acceptors (Lipinski definition) is 1. The number of carbonyl (C=O) groups is 1. The van der Waals surface area contributed by atoms with Gasteiger partial charge in [-0.05, 0) is 29.3 Å². The van der Waals surface area contributed by atoms with Gasteiger partial charge in [0.05, 0.1) is 5.03 Å². The van der Waals surface area contributed by atoms with E-state index in [0.29, 0.717) is 15.6 Å². The first kappa shape index (κ1) is 10.6. The average Bonchev–Trinajstić information content (AvgIpc) is 2.04. The largest absolute Gasteiger partial charge is 0.276 e. The van der Waals surface area contributed by atoms with Crippen LogP contribution < -0.4 is 0 Å². The lowest BCUT2D eigenvalue weighted by Crippen LogP contribution is -1.81. The van der Waals surface area contributed by atoms with Crippen LogP contribution in [0.4, 0.5) is 0 Å². The van der Waals surface area contributed by atoms with E-state index in [-0.39, 0.29) is 0 Å². The Morgan fingerprint density at radius 2 is 1.69 bits per heavy atom. The third-order valence-corrected chi connectivity index (χ3v) is 2.05. The maximum atomic E-state index is 10.5. The van der Waals surface area contributed by atoms with E-state index in [4.69, 9.17) is 34.8 Å². The summed E-state index contributed by atoms with van der Waals surface area (Å²) in [6.07, 6.45) is 1.15. The molecule has 0 radical (unpaired) electrons. The minimum atomic E-state index is -0.597. The van der Waals surface area contributed by atoms with Crippen LogP contribution in [0.25, 0.3) is 5.03 Å². The predicted molar refractivity (Wildman–Crippen MR) is 56.1 cm³/mol. The van der Waals surface area contributed by atoms with Crippen LogP contribution in [0.15, 0.2) is 30.3 Å². The Balaban J connectivity index is 2.96. The van der Waals surface area contributed by atoms with Crippen LogP contribution in [-0.2, 0) is 4.79 Å². The van der Waals surface area contributed by atoms with Crippen molar-refractivity contribution in [1.29, 1.82) is 0 Å². The molecule has 0 bridgehead atoms. The SMILES string of the molecule is O=C(Cl)C=C(Cl)c1ccc(Cl)cc1. The highest BCUT2D eigenvalue weighted by molar-refractivity contribution is 6.68. The van der Waals surface area contributed by atoms with E-state index in [0.717, 1.165) is 6.08 Å². The Kier molecular flexibility index (Phi) is 3.79. The Hall–Kier alpha value is -0.500. The van der Waals surface area contributed by atoms with Gasteiger partial charge in [0.15, 0.2) is 0 Å². The quantitative estimate of drug-likeness (QED) is 0.564. The zero-order chi connectivity index (χ0) is 9.84. The molecular formula is C9H5Cl3O. The van der Waals surface area contributed by atoms with Gasteiger partial charge in [-0.15, -0.1) is 0 Å². The van der Waals surface area contributed by atoms with E-state index in [2.05, 4.69) is 0 Å². The van der Waals surface area contributed by atoms with Crippen molar-refractivity contribution < 1.29 is 4.79 Å². The zero-order valence-corrected chi connectivity index (χ0v) is 8.70. The zero-order valence-electron chi connectivity index (χ0n) is 6.43. The number of carbonyl (C=O) groups excluding carboxylic acids is 1. The minimum Gasteiger partial charge on any atom is -0.276 e. The normalized spacial score (nSPS) is 11.5. The smallest absolute Gasteiger partial charge is 0.246 e. The van der Waals surface area contributed by atoms with Gasteiger partial charge in [-0.3, -0.25) is 4.79 Å². The molecule has 1 nitrogen and oxygen atoms in total. The van der Waals surface area contributed by atoms with Crippen molar-refractivity contribution in [1.82, 2.24) is 0 Å². The number of halogens is 3. The minimum absolute atomic E-state index is 0.302. The van der Waals surface area contributed by atoms with E-state index in [1.807, 2.05) is 0 Å². The van der Waals surface area contributed by atoms with Gasteiger partial charge in [0.25, 0.3) is 0 Å². The van der Waals surface area contributed by atoms with Crippen molar-refractivity contribution in [3.05, 3.63) is 40.9 Å². The second-order valence-electron chi connectivity index (χ2n) is 2.30. The van der Waals surface area contributed by atoms with Gasteiger partial charge >= 0.3 is 0 Å². The van der Waals surface area contributed by atoms with Gasteiger partial charge in [-0.2, -0.15) is 0 Å². The van der Waals surface area contributed by atoms with E-state index < -0.39 is 5.24 Å². The molecule has 0 aromatic heterocycles. The van der Waals surface area contributed by atoms with E-state index >= 15 is 0 Å². The first-order valence-electron chi connectivity index (χ1n) is 3.42. The summed E-state index contributed by atoms with van der Waals surface area (Å²) in [5, 5.41) is 0.321. The van der Waals surface area contributed by atoms with Gasteiger partial charge in [0.1, 0.15) is 0 Å². The van der Waals surface area contributed by atoms with Crippen molar-refractivity contribution in [3.8, 4) is 0 Å². The molecule has 0 N–H and O–H groups in total. The van der Waals surface area contributed by atoms with Gasteiger partial charge in [-0.1, -0.05) is 35.3 Å². The molecule has 0 fully saturated rings. The number of allylic oxidation sites excluding steroid dienone is 1. The Morgan fingerprint density at radius 1 is 1.15 bits per heavy atom. The summed E-state index contributed by atoms with van der Waals surface area (Å²) < 4.78 is 0. The molecule has 13 heavy (non-hydrogen) atoms. The topological polar surface area (TPSA) is 17.1 Å². The molecule has 1 aromatic carbocycles. The van der Waals surface area contributed by atoms with E-state index in [1.54, 1.807) is 24.3 Å². The van der Waals surface area contributed by atoms with Crippen molar-refractivity contribution >= 4 is 45.1 Å². The molecule has 0 heterocycles. The Bertz CT molecular complexity index is 340. The van der Waals surface area contributed by atoms with Crippen LogP contribution in [0, 0.1) is 0 Å². The predicted octanol–water partition coefficient (Wildman–Crippen LogP) is 3.69. The first-order valence-corrected chi connectivity index (χ1v) is 4.55. The van der Waals surface area contributed by atoms with Crippen LogP contribution in [-0.4, -0.2) is 5.24 Å². The highest BCUT2D eigenvalue weighted by atomic mass is 35.5. The summed E-state index contributed by atoms with van der Waals surface area (Å²) in [5.41, 5.74) is 0.708. The highest BCUT2D eigenvalue weighted by Gasteiger charge is 1.99. The van der Waals surface area contributed by atoms with Crippen LogP contribution in [0.2, 0.25) is 5.02 Å². The fourth-order valence-corrected chi connectivity index (χ4v) is 1.31. The summed E-state index contributed by atoms with van der Waals surface area (Å²) in [5.74, 6) is 0. The van der Waals surface area contributed by atoms with Crippen molar-refractivity contribution in [2.45, 2.75) is 0 Å². The third-order valence-electron chi connectivity index (χ3n) is 1.36. The van der Waals surface area contributed by atoms with Crippen LogP contribution in [0.3, 0.4) is 0 Å². The van der Waals surface area contributed by atoms with Gasteiger partial charge in [0, 0.05) is 11.1 Å². The molecule has 1 rings (SSSR count). The highest BCUT2D eigenvalue weighted by Crippen LogP contribution is 2.20. The summed E-state index contributed by atoms with van der Waals surface area (Å²) in [6.45, 7) is 0. The molecule has 68 valence electrons. The molecule has 0 unspecified atom stereocenters. The molecule has 4 heteroatoms. The number of benzene rings is 1. The molecule has 0 atom stereocenters. The summed E-state index contributed by atoms with van der Waals surface area (Å²) in [4.78, 5) is 10.5. The van der Waals surface area contributed by atoms with Crippen LogP contribution in [0.5, 0.6) is 0 Å². The average molecular weight is 235 g/mol. The van der Waals surface area contributed by atoms with Crippen molar-refractivity contribution in [2.24, 2.45) is 0 Å². The Morgan fingerprint density at radius 3 is 2.15 bits per heavy atom. The van der Waals surface area contributed by atoms with Crippen molar-refractivity contribution in [3.63, 3.8) is 0 Å². The molecule has 1 aromatic rings. The molecule has 0 aliphatic carbocycles. The third kappa shape index (κ3) is 3.39. The van der Waals surface area contributed by atoms with Gasteiger partial charge < -0.3 is 0 Å².